The molecule has 0 atom stereocenters. The first kappa shape index (κ1) is 20.0. The normalized spacial score (nSPS) is 18.4. The number of fused-ring (bicyclic) bond motifs is 1. The monoisotopic (exact) mass is 419 g/mol. The second-order valence-corrected chi connectivity index (χ2v) is 8.70. The molecule has 2 N–H and O–H groups in total. The predicted octanol–water partition coefficient (Wildman–Crippen LogP) is 4.00. The summed E-state index contributed by atoms with van der Waals surface area (Å²) >= 11 is 0. The van der Waals surface area contributed by atoms with Gasteiger partial charge in [-0.3, -0.25) is 9.36 Å². The van der Waals surface area contributed by atoms with E-state index in [1.54, 1.807) is 12.3 Å². The molecule has 2 aromatic heterocycles. The van der Waals surface area contributed by atoms with Crippen molar-refractivity contribution in [1.82, 2.24) is 14.5 Å². The van der Waals surface area contributed by atoms with Gasteiger partial charge in [-0.1, -0.05) is 19.3 Å². The van der Waals surface area contributed by atoms with Crippen LogP contribution in [-0.2, 0) is 0 Å². The fourth-order valence-corrected chi connectivity index (χ4v) is 4.80. The summed E-state index contributed by atoms with van der Waals surface area (Å²) in [6.07, 6.45) is 8.86. The highest BCUT2D eigenvalue weighted by molar-refractivity contribution is 5.76. The molecule has 1 aliphatic heterocycles. The molecule has 0 unspecified atom stereocenters. The minimum Gasteiger partial charge on any atom is -0.393 e. The lowest BCUT2D eigenvalue weighted by molar-refractivity contribution is 0.145. The average Bonchev–Trinajstić information content (AvgIpc) is 2.81. The maximum Gasteiger partial charge on any atom is 0.252 e. The van der Waals surface area contributed by atoms with Gasteiger partial charge in [-0.15, -0.1) is 0 Å². The molecule has 0 radical (unpaired) electrons. The van der Waals surface area contributed by atoms with Gasteiger partial charge in [-0.2, -0.15) is 4.98 Å². The lowest BCUT2D eigenvalue weighted by Gasteiger charge is -2.31. The van der Waals surface area contributed by atoms with Crippen molar-refractivity contribution < 1.29 is 5.11 Å². The maximum absolute atomic E-state index is 12.7. The van der Waals surface area contributed by atoms with Crippen molar-refractivity contribution in [3.8, 4) is 0 Å². The Bertz CT molecular complexity index is 1100. The molecule has 162 valence electrons. The van der Waals surface area contributed by atoms with E-state index >= 15 is 0 Å². The van der Waals surface area contributed by atoms with Crippen LogP contribution in [0.2, 0.25) is 0 Å². The zero-order valence-corrected chi connectivity index (χ0v) is 17.7. The van der Waals surface area contributed by atoms with E-state index in [-0.39, 0.29) is 17.7 Å². The SMILES string of the molecule is O=c1ccc2cnc(Nc3ccc(N4CCC(O)CC4)cc3)nc2n1C1CCCCC1. The van der Waals surface area contributed by atoms with Gasteiger partial charge in [0, 0.05) is 48.2 Å². The van der Waals surface area contributed by atoms with Crippen LogP contribution < -0.4 is 15.8 Å². The van der Waals surface area contributed by atoms with Crippen LogP contribution in [0.15, 0.2) is 47.4 Å². The van der Waals surface area contributed by atoms with Crippen molar-refractivity contribution >= 4 is 28.4 Å². The Morgan fingerprint density at radius 2 is 1.68 bits per heavy atom. The van der Waals surface area contributed by atoms with Crippen LogP contribution in [0.5, 0.6) is 0 Å². The van der Waals surface area contributed by atoms with E-state index in [1.165, 1.54) is 6.42 Å². The smallest absolute Gasteiger partial charge is 0.252 e. The number of pyridine rings is 1. The standard InChI is InChI=1S/C24H29N5O2/c30-21-12-14-28(15-13-21)19-9-7-18(8-10-19)26-24-25-16-17-6-11-22(31)29(23(17)27-24)20-4-2-1-3-5-20/h6-11,16,20-21,30H,1-5,12-15H2,(H,25,26,27). The summed E-state index contributed by atoms with van der Waals surface area (Å²) in [6.45, 7) is 1.75. The lowest BCUT2D eigenvalue weighted by Crippen LogP contribution is -2.35. The van der Waals surface area contributed by atoms with Gasteiger partial charge in [-0.05, 0) is 56.0 Å². The highest BCUT2D eigenvalue weighted by atomic mass is 16.3. The van der Waals surface area contributed by atoms with Crippen LogP contribution >= 0.6 is 0 Å². The van der Waals surface area contributed by atoms with E-state index in [9.17, 15) is 9.90 Å². The van der Waals surface area contributed by atoms with E-state index in [0.717, 1.165) is 68.4 Å². The van der Waals surface area contributed by atoms with Crippen molar-refractivity contribution in [1.29, 1.82) is 0 Å². The largest absolute Gasteiger partial charge is 0.393 e. The number of aliphatic hydroxyl groups excluding tert-OH is 1. The van der Waals surface area contributed by atoms with Gasteiger partial charge < -0.3 is 15.3 Å². The van der Waals surface area contributed by atoms with Crippen molar-refractivity contribution in [2.24, 2.45) is 0 Å². The molecule has 1 saturated heterocycles. The zero-order chi connectivity index (χ0) is 21.2. The van der Waals surface area contributed by atoms with E-state index in [0.29, 0.717) is 11.6 Å². The number of rotatable bonds is 4. The predicted molar refractivity (Wildman–Crippen MR) is 123 cm³/mol. The molecule has 0 bridgehead atoms. The first-order valence-corrected chi connectivity index (χ1v) is 11.4. The summed E-state index contributed by atoms with van der Waals surface area (Å²) in [5.74, 6) is 0.497. The molecule has 1 aliphatic carbocycles. The van der Waals surface area contributed by atoms with Crippen LogP contribution in [0.1, 0.15) is 51.0 Å². The number of aromatic nitrogens is 3. The Morgan fingerprint density at radius 3 is 2.42 bits per heavy atom. The molecule has 7 heteroatoms. The molecule has 3 aromatic rings. The molecule has 31 heavy (non-hydrogen) atoms. The number of nitrogens with zero attached hydrogens (tertiary/aromatic N) is 4. The molecule has 0 spiro atoms. The third kappa shape index (κ3) is 4.28. The lowest BCUT2D eigenvalue weighted by atomic mass is 9.95. The third-order valence-electron chi connectivity index (χ3n) is 6.56. The van der Waals surface area contributed by atoms with Crippen molar-refractivity contribution in [2.45, 2.75) is 57.1 Å². The molecule has 5 rings (SSSR count). The van der Waals surface area contributed by atoms with Crippen molar-refractivity contribution in [3.05, 3.63) is 52.9 Å². The van der Waals surface area contributed by atoms with Crippen molar-refractivity contribution in [2.75, 3.05) is 23.3 Å². The van der Waals surface area contributed by atoms with Crippen LogP contribution in [0.25, 0.3) is 11.0 Å². The second kappa shape index (κ2) is 8.67. The van der Waals surface area contributed by atoms with Crippen LogP contribution in [0.4, 0.5) is 17.3 Å². The summed E-state index contributed by atoms with van der Waals surface area (Å²) < 4.78 is 1.87. The summed E-state index contributed by atoms with van der Waals surface area (Å²) in [6, 6.07) is 11.9. The Hall–Kier alpha value is -2.93. The van der Waals surface area contributed by atoms with Gasteiger partial charge in [0.25, 0.3) is 5.56 Å². The fraction of sp³-hybridized carbons (Fsp3) is 0.458. The molecule has 2 aliphatic rings. The number of hydrogen-bond acceptors (Lipinski definition) is 6. The van der Waals surface area contributed by atoms with Gasteiger partial charge >= 0.3 is 0 Å². The average molecular weight is 420 g/mol. The van der Waals surface area contributed by atoms with Crippen LogP contribution in [0.3, 0.4) is 0 Å². The van der Waals surface area contributed by atoms with E-state index in [1.807, 2.05) is 22.8 Å². The van der Waals surface area contributed by atoms with Gasteiger partial charge in [0.15, 0.2) is 0 Å². The molecule has 1 saturated carbocycles. The van der Waals surface area contributed by atoms with Gasteiger partial charge in [0.1, 0.15) is 5.65 Å². The zero-order valence-electron chi connectivity index (χ0n) is 17.7. The van der Waals surface area contributed by atoms with Gasteiger partial charge in [0.05, 0.1) is 6.10 Å². The fourth-order valence-electron chi connectivity index (χ4n) is 4.80. The number of hydrogen-bond donors (Lipinski definition) is 2. The minimum absolute atomic E-state index is 0.0139. The van der Waals surface area contributed by atoms with Gasteiger partial charge in [-0.25, -0.2) is 4.98 Å². The Labute approximate surface area is 181 Å². The van der Waals surface area contributed by atoms with Crippen LogP contribution in [0, 0.1) is 0 Å². The Kier molecular flexibility index (Phi) is 5.59. The Balaban J connectivity index is 1.38. The third-order valence-corrected chi connectivity index (χ3v) is 6.56. The van der Waals surface area contributed by atoms with E-state index < -0.39 is 0 Å². The van der Waals surface area contributed by atoms with E-state index in [4.69, 9.17) is 4.98 Å². The van der Waals surface area contributed by atoms with Crippen molar-refractivity contribution in [3.63, 3.8) is 0 Å². The minimum atomic E-state index is -0.173. The molecular weight excluding hydrogens is 390 g/mol. The van der Waals surface area contributed by atoms with E-state index in [2.05, 4.69) is 27.3 Å². The highest BCUT2D eigenvalue weighted by Crippen LogP contribution is 2.29. The number of aliphatic hydroxyl groups is 1. The highest BCUT2D eigenvalue weighted by Gasteiger charge is 2.20. The summed E-state index contributed by atoms with van der Waals surface area (Å²) in [5, 5.41) is 13.9. The first-order valence-electron chi connectivity index (χ1n) is 11.4. The van der Waals surface area contributed by atoms with Gasteiger partial charge in [0.2, 0.25) is 5.95 Å². The first-order chi connectivity index (χ1) is 15.2. The topological polar surface area (TPSA) is 83.3 Å². The summed E-state index contributed by atoms with van der Waals surface area (Å²) in [5.41, 5.74) is 2.78. The number of benzene rings is 1. The molecule has 0 amide bonds. The molecular formula is C24H29N5O2. The molecule has 1 aromatic carbocycles. The van der Waals surface area contributed by atoms with Crippen LogP contribution in [-0.4, -0.2) is 38.8 Å². The molecule has 3 heterocycles. The maximum atomic E-state index is 12.7. The number of piperidine rings is 1. The summed E-state index contributed by atoms with van der Waals surface area (Å²) in [4.78, 5) is 24.2. The number of anilines is 3. The quantitative estimate of drug-likeness (QED) is 0.665. The number of nitrogens with one attached hydrogen (secondary N) is 1. The molecule has 7 nitrogen and oxygen atoms in total. The second-order valence-electron chi connectivity index (χ2n) is 8.70. The molecule has 2 fully saturated rings. The summed E-state index contributed by atoms with van der Waals surface area (Å²) in [7, 11) is 0. The Morgan fingerprint density at radius 1 is 0.935 bits per heavy atom.